The highest BCUT2D eigenvalue weighted by molar-refractivity contribution is 7.28. The summed E-state index contributed by atoms with van der Waals surface area (Å²) in [6.45, 7) is 0. The maximum absolute atomic E-state index is 8.71. The molecular formula is C14H4N4S2. The number of thiophene rings is 2. The van der Waals surface area contributed by atoms with Crippen molar-refractivity contribution in [3.05, 3.63) is 33.0 Å². The Morgan fingerprint density at radius 3 is 1.40 bits per heavy atom. The van der Waals surface area contributed by atoms with E-state index in [1.807, 2.05) is 36.4 Å². The first kappa shape index (κ1) is 13.5. The van der Waals surface area contributed by atoms with Crippen LogP contribution in [0, 0.1) is 45.3 Å². The van der Waals surface area contributed by atoms with Gasteiger partial charge in [-0.15, -0.1) is 22.7 Å². The topological polar surface area (TPSA) is 95.2 Å². The van der Waals surface area contributed by atoms with E-state index >= 15 is 0 Å². The average molecular weight is 292 g/mol. The van der Waals surface area contributed by atoms with E-state index in [0.29, 0.717) is 0 Å². The minimum atomic E-state index is 0.0651. The van der Waals surface area contributed by atoms with Crippen molar-refractivity contribution in [3.63, 3.8) is 0 Å². The zero-order valence-electron chi connectivity index (χ0n) is 9.91. The van der Waals surface area contributed by atoms with Gasteiger partial charge >= 0.3 is 0 Å². The molecule has 0 amide bonds. The van der Waals surface area contributed by atoms with Gasteiger partial charge in [0.25, 0.3) is 0 Å². The van der Waals surface area contributed by atoms with Gasteiger partial charge in [-0.2, -0.15) is 21.0 Å². The Morgan fingerprint density at radius 2 is 1.10 bits per heavy atom. The van der Waals surface area contributed by atoms with Gasteiger partial charge in [-0.3, -0.25) is 0 Å². The first-order valence-corrected chi connectivity index (χ1v) is 6.90. The van der Waals surface area contributed by atoms with Gasteiger partial charge in [0.1, 0.15) is 35.4 Å². The van der Waals surface area contributed by atoms with Crippen molar-refractivity contribution >= 4 is 44.2 Å². The van der Waals surface area contributed by atoms with Crippen LogP contribution in [0.5, 0.6) is 0 Å². The normalized spacial score (nSPS) is 8.80. The molecule has 2 heterocycles. The number of hydrogen-bond donors (Lipinski definition) is 0. The summed E-state index contributed by atoms with van der Waals surface area (Å²) < 4.78 is 2.00. The lowest BCUT2D eigenvalue weighted by molar-refractivity contribution is 1.47. The van der Waals surface area contributed by atoms with E-state index in [-0.39, 0.29) is 11.1 Å². The Kier molecular flexibility index (Phi) is 3.94. The van der Waals surface area contributed by atoms with Crippen molar-refractivity contribution < 1.29 is 0 Å². The minimum Gasteiger partial charge on any atom is -0.192 e. The highest BCUT2D eigenvalue weighted by Crippen LogP contribution is 2.35. The third-order valence-electron chi connectivity index (χ3n) is 2.30. The van der Waals surface area contributed by atoms with Gasteiger partial charge in [0.05, 0.1) is 0 Å². The molecule has 6 heteroatoms. The van der Waals surface area contributed by atoms with Crippen molar-refractivity contribution in [2.45, 2.75) is 0 Å². The van der Waals surface area contributed by atoms with Crippen LogP contribution in [0.3, 0.4) is 0 Å². The number of hydrogen-bond acceptors (Lipinski definition) is 6. The maximum Gasteiger partial charge on any atom is 0.131 e. The minimum absolute atomic E-state index is 0.0651. The molecule has 4 nitrogen and oxygen atoms in total. The highest BCUT2D eigenvalue weighted by atomic mass is 32.1. The van der Waals surface area contributed by atoms with E-state index in [2.05, 4.69) is 0 Å². The van der Waals surface area contributed by atoms with Crippen LogP contribution in [0.2, 0.25) is 0 Å². The molecule has 0 radical (unpaired) electrons. The van der Waals surface area contributed by atoms with Crippen LogP contribution in [-0.4, -0.2) is 0 Å². The molecule has 0 saturated carbocycles. The summed E-state index contributed by atoms with van der Waals surface area (Å²) in [4.78, 5) is 1.67. The van der Waals surface area contributed by atoms with Crippen LogP contribution in [-0.2, 0) is 0 Å². The van der Waals surface area contributed by atoms with E-state index in [4.69, 9.17) is 21.0 Å². The molecule has 0 N–H and O–H groups in total. The molecule has 0 spiro atoms. The van der Waals surface area contributed by atoms with Crippen LogP contribution in [0.25, 0.3) is 21.6 Å². The predicted octanol–water partition coefficient (Wildman–Crippen LogP) is 3.82. The van der Waals surface area contributed by atoms with E-state index in [1.54, 1.807) is 12.2 Å². The van der Waals surface area contributed by atoms with Gasteiger partial charge in [0.15, 0.2) is 0 Å². The number of rotatable bonds is 2. The quantitative estimate of drug-likeness (QED) is 0.786. The SMILES string of the molecule is N#CC(C#N)=Cc1cc2sc(C=C(C#N)C#N)cc2s1. The third-order valence-corrected chi connectivity index (χ3v) is 4.49. The largest absolute Gasteiger partial charge is 0.192 e. The monoisotopic (exact) mass is 292 g/mol. The Morgan fingerprint density at radius 1 is 0.750 bits per heavy atom. The molecular weight excluding hydrogens is 288 g/mol. The van der Waals surface area contributed by atoms with Crippen LogP contribution < -0.4 is 0 Å². The lowest BCUT2D eigenvalue weighted by Gasteiger charge is -1.84. The first-order valence-electron chi connectivity index (χ1n) is 5.27. The van der Waals surface area contributed by atoms with Gasteiger partial charge in [0.2, 0.25) is 0 Å². The third kappa shape index (κ3) is 2.74. The molecule has 0 bridgehead atoms. The van der Waals surface area contributed by atoms with Crippen LogP contribution in [0.15, 0.2) is 23.3 Å². The van der Waals surface area contributed by atoms with Crippen molar-refractivity contribution in [1.82, 2.24) is 0 Å². The average Bonchev–Trinajstić information content (AvgIpc) is 2.99. The fraction of sp³-hybridized carbons (Fsp3) is 0. The Labute approximate surface area is 123 Å². The first-order chi connectivity index (χ1) is 9.69. The van der Waals surface area contributed by atoms with Gasteiger partial charge in [0, 0.05) is 19.2 Å². The highest BCUT2D eigenvalue weighted by Gasteiger charge is 2.06. The van der Waals surface area contributed by atoms with Gasteiger partial charge < -0.3 is 0 Å². The van der Waals surface area contributed by atoms with Gasteiger partial charge in [-0.25, -0.2) is 0 Å². The summed E-state index contributed by atoms with van der Waals surface area (Å²) in [6.07, 6.45) is 3.09. The molecule has 20 heavy (non-hydrogen) atoms. The molecule has 0 atom stereocenters. The molecule has 2 aromatic rings. The molecule has 2 rings (SSSR count). The molecule has 0 aliphatic heterocycles. The zero-order valence-corrected chi connectivity index (χ0v) is 11.5. The number of nitrogens with zero attached hydrogens (tertiary/aromatic N) is 4. The van der Waals surface area contributed by atoms with Crippen molar-refractivity contribution in [3.8, 4) is 24.3 Å². The van der Waals surface area contributed by atoms with E-state index in [9.17, 15) is 0 Å². The standard InChI is InChI=1S/C14H4N4S2/c15-5-9(6-16)1-11-3-13-14(19-11)4-12(20-13)2-10(7-17)8-18/h1-4H. The molecule has 0 unspecified atom stereocenters. The molecule has 2 aromatic heterocycles. The van der Waals surface area contributed by atoms with Gasteiger partial charge in [-0.1, -0.05) is 0 Å². The second kappa shape index (κ2) is 5.83. The van der Waals surface area contributed by atoms with Crippen molar-refractivity contribution in [2.75, 3.05) is 0 Å². The lowest BCUT2D eigenvalue weighted by atomic mass is 10.2. The lowest BCUT2D eigenvalue weighted by Crippen LogP contribution is -1.70. The molecule has 0 aromatic carbocycles. The smallest absolute Gasteiger partial charge is 0.131 e. The fourth-order valence-corrected chi connectivity index (χ4v) is 3.78. The summed E-state index contributed by atoms with van der Waals surface area (Å²) in [5.41, 5.74) is 0.130. The van der Waals surface area contributed by atoms with Gasteiger partial charge in [-0.05, 0) is 24.3 Å². The predicted molar refractivity (Wildman–Crippen MR) is 78.1 cm³/mol. The summed E-state index contributed by atoms with van der Waals surface area (Å²) >= 11 is 2.91. The Bertz CT molecular complexity index is 763. The van der Waals surface area contributed by atoms with Crippen molar-refractivity contribution in [2.24, 2.45) is 0 Å². The van der Waals surface area contributed by atoms with Crippen LogP contribution in [0.4, 0.5) is 0 Å². The second-order valence-corrected chi connectivity index (χ2v) is 5.82. The molecule has 0 aliphatic rings. The summed E-state index contributed by atoms with van der Waals surface area (Å²) in [6, 6.07) is 11.0. The summed E-state index contributed by atoms with van der Waals surface area (Å²) in [5.74, 6) is 0. The van der Waals surface area contributed by atoms with E-state index < -0.39 is 0 Å². The number of fused-ring (bicyclic) bond motifs is 1. The van der Waals surface area contributed by atoms with Crippen LogP contribution >= 0.6 is 22.7 Å². The summed E-state index contributed by atoms with van der Waals surface area (Å²) in [7, 11) is 0. The second-order valence-electron chi connectivity index (χ2n) is 3.59. The molecule has 0 fully saturated rings. The Balaban J connectivity index is 2.41. The summed E-state index contributed by atoms with van der Waals surface area (Å²) in [5, 5.41) is 34.8. The Hall–Kier alpha value is -2.90. The van der Waals surface area contributed by atoms with Crippen molar-refractivity contribution in [1.29, 1.82) is 21.0 Å². The molecule has 0 saturated heterocycles. The molecule has 92 valence electrons. The zero-order chi connectivity index (χ0) is 14.5. The maximum atomic E-state index is 8.71. The molecule has 0 aliphatic carbocycles. The number of nitriles is 4. The number of allylic oxidation sites excluding steroid dienone is 2. The van der Waals surface area contributed by atoms with Crippen LogP contribution in [0.1, 0.15) is 9.75 Å². The fourth-order valence-electron chi connectivity index (χ4n) is 1.48. The van der Waals surface area contributed by atoms with E-state index in [0.717, 1.165) is 19.2 Å². The van der Waals surface area contributed by atoms with E-state index in [1.165, 1.54) is 22.7 Å².